The van der Waals surface area contributed by atoms with Crippen LogP contribution in [0.4, 0.5) is 0 Å². The normalized spacial score (nSPS) is 20.1. The van der Waals surface area contributed by atoms with Crippen LogP contribution in [-0.2, 0) is 10.3 Å². The smallest absolute Gasteiger partial charge is 0.243 e. The maximum absolute atomic E-state index is 6.12. The van der Waals surface area contributed by atoms with Gasteiger partial charge in [-0.3, -0.25) is 0 Å². The zero-order chi connectivity index (χ0) is 15.1. The molecule has 0 amide bonds. The minimum atomic E-state index is -0.369. The van der Waals surface area contributed by atoms with E-state index in [0.29, 0.717) is 18.3 Å². The lowest BCUT2D eigenvalue weighted by Gasteiger charge is -2.29. The predicted octanol–water partition coefficient (Wildman–Crippen LogP) is 3.41. The van der Waals surface area contributed by atoms with Crippen molar-refractivity contribution in [3.8, 4) is 0 Å². The van der Waals surface area contributed by atoms with Gasteiger partial charge in [-0.15, -0.1) is 0 Å². The van der Waals surface area contributed by atoms with Gasteiger partial charge in [0.15, 0.2) is 0 Å². The quantitative estimate of drug-likeness (QED) is 0.778. The Morgan fingerprint density at radius 1 is 1.33 bits per heavy atom. The maximum atomic E-state index is 6.12. The molecule has 21 heavy (non-hydrogen) atoms. The fraction of sp³-hybridized carbons (Fsp3) is 0.867. The summed E-state index contributed by atoms with van der Waals surface area (Å²) in [6, 6.07) is -0.178. The van der Waals surface area contributed by atoms with E-state index in [0.717, 1.165) is 37.9 Å². The lowest BCUT2D eigenvalue weighted by molar-refractivity contribution is -0.0636. The van der Waals surface area contributed by atoms with Crippen LogP contribution in [0.2, 0.25) is 0 Å². The maximum Gasteiger partial charge on any atom is 0.243 e. The average molecular weight is 313 g/mol. The summed E-state index contributed by atoms with van der Waals surface area (Å²) in [5.74, 6) is 2.23. The molecule has 2 rings (SSSR count). The number of thioether (sulfide) groups is 1. The van der Waals surface area contributed by atoms with Crippen LogP contribution in [0.3, 0.4) is 0 Å². The van der Waals surface area contributed by atoms with Gasteiger partial charge in [-0.05, 0) is 38.2 Å². The van der Waals surface area contributed by atoms with E-state index < -0.39 is 0 Å². The van der Waals surface area contributed by atoms with Gasteiger partial charge >= 0.3 is 0 Å². The first-order chi connectivity index (χ1) is 10.2. The highest BCUT2D eigenvalue weighted by molar-refractivity contribution is 7.98. The fourth-order valence-corrected chi connectivity index (χ4v) is 3.44. The zero-order valence-corrected chi connectivity index (χ0v) is 14.0. The summed E-state index contributed by atoms with van der Waals surface area (Å²) in [5, 5.41) is 4.20. The fourth-order valence-electron chi connectivity index (χ4n) is 2.95. The summed E-state index contributed by atoms with van der Waals surface area (Å²) in [7, 11) is 0. The second kappa shape index (κ2) is 8.15. The Bertz CT molecular complexity index is 417. The van der Waals surface area contributed by atoms with Gasteiger partial charge in [0.05, 0.1) is 6.04 Å². The number of nitrogens with two attached hydrogens (primary N) is 1. The van der Waals surface area contributed by atoms with E-state index in [1.807, 2.05) is 6.92 Å². The first-order valence-corrected chi connectivity index (χ1v) is 9.34. The van der Waals surface area contributed by atoms with Crippen molar-refractivity contribution < 1.29 is 9.26 Å². The van der Waals surface area contributed by atoms with Gasteiger partial charge in [-0.1, -0.05) is 30.8 Å². The molecule has 1 aromatic heterocycles. The van der Waals surface area contributed by atoms with Gasteiger partial charge in [0.2, 0.25) is 11.7 Å². The predicted molar refractivity (Wildman–Crippen MR) is 85.2 cm³/mol. The van der Waals surface area contributed by atoms with E-state index in [1.54, 1.807) is 11.8 Å². The standard InChI is InChI=1S/C15H27N3O2S/c1-3-19-15(9-6-4-5-7-10-15)14-17-13(20-18-14)12(16)8-11-21-2/h12H,3-11,16H2,1-2H3/t12-/m1/s1. The van der Waals surface area contributed by atoms with Crippen LogP contribution in [0.25, 0.3) is 0 Å². The van der Waals surface area contributed by atoms with Gasteiger partial charge in [0.25, 0.3) is 0 Å². The molecule has 2 N–H and O–H groups in total. The van der Waals surface area contributed by atoms with Crippen molar-refractivity contribution in [2.45, 2.75) is 63.5 Å². The lowest BCUT2D eigenvalue weighted by Crippen LogP contribution is -2.31. The van der Waals surface area contributed by atoms with Crippen LogP contribution < -0.4 is 5.73 Å². The van der Waals surface area contributed by atoms with Crippen LogP contribution in [0.5, 0.6) is 0 Å². The molecule has 0 radical (unpaired) electrons. The van der Waals surface area contributed by atoms with Gasteiger partial charge in [0.1, 0.15) is 5.60 Å². The minimum Gasteiger partial charge on any atom is -0.367 e. The van der Waals surface area contributed by atoms with Crippen LogP contribution in [0, 0.1) is 0 Å². The molecule has 1 saturated carbocycles. The second-order valence-corrected chi connectivity index (χ2v) is 6.67. The SMILES string of the molecule is CCOC1(c2noc([C@H](N)CCSC)n2)CCCCCC1. The molecular weight excluding hydrogens is 286 g/mol. The molecule has 1 aliphatic carbocycles. The molecule has 0 saturated heterocycles. The average Bonchev–Trinajstić information content (AvgIpc) is 2.87. The molecule has 1 heterocycles. The Hall–Kier alpha value is -0.590. The molecule has 1 aliphatic rings. The number of hydrogen-bond acceptors (Lipinski definition) is 6. The van der Waals surface area contributed by atoms with Crippen molar-refractivity contribution in [1.29, 1.82) is 0 Å². The Labute approximate surface area is 131 Å². The van der Waals surface area contributed by atoms with Crippen molar-refractivity contribution >= 4 is 11.8 Å². The molecule has 0 aromatic carbocycles. The lowest BCUT2D eigenvalue weighted by atomic mass is 9.93. The summed E-state index contributed by atoms with van der Waals surface area (Å²) >= 11 is 1.78. The van der Waals surface area contributed by atoms with E-state index >= 15 is 0 Å². The summed E-state index contributed by atoms with van der Waals surface area (Å²) in [4.78, 5) is 4.58. The van der Waals surface area contributed by atoms with Crippen molar-refractivity contribution in [1.82, 2.24) is 10.1 Å². The third kappa shape index (κ3) is 4.20. The monoisotopic (exact) mass is 313 g/mol. The Kier molecular flexibility index (Phi) is 6.51. The zero-order valence-electron chi connectivity index (χ0n) is 13.1. The largest absolute Gasteiger partial charge is 0.367 e. The summed E-state index contributed by atoms with van der Waals surface area (Å²) in [6.07, 6.45) is 9.69. The van der Waals surface area contributed by atoms with Crippen LogP contribution >= 0.6 is 11.8 Å². The molecule has 1 aromatic rings. The number of nitrogens with zero attached hydrogens (tertiary/aromatic N) is 2. The van der Waals surface area contributed by atoms with Gasteiger partial charge in [0, 0.05) is 6.61 Å². The Balaban J connectivity index is 2.15. The van der Waals surface area contributed by atoms with E-state index in [1.165, 1.54) is 12.8 Å². The molecule has 1 fully saturated rings. The van der Waals surface area contributed by atoms with Gasteiger partial charge < -0.3 is 15.0 Å². The summed E-state index contributed by atoms with van der Waals surface area (Å²) in [6.45, 7) is 2.69. The Morgan fingerprint density at radius 2 is 2.05 bits per heavy atom. The van der Waals surface area contributed by atoms with E-state index in [4.69, 9.17) is 15.0 Å². The Morgan fingerprint density at radius 3 is 2.67 bits per heavy atom. The first-order valence-electron chi connectivity index (χ1n) is 7.94. The minimum absolute atomic E-state index is 0.178. The molecule has 0 spiro atoms. The molecular formula is C15H27N3O2S. The molecule has 120 valence electrons. The summed E-state index contributed by atoms with van der Waals surface area (Å²) in [5.41, 5.74) is 5.75. The highest BCUT2D eigenvalue weighted by Crippen LogP contribution is 2.38. The molecule has 0 bridgehead atoms. The first kappa shape index (κ1) is 16.8. The molecule has 5 nitrogen and oxygen atoms in total. The van der Waals surface area contributed by atoms with Crippen LogP contribution in [0.15, 0.2) is 4.52 Å². The van der Waals surface area contributed by atoms with Gasteiger partial charge in [-0.25, -0.2) is 0 Å². The van der Waals surface area contributed by atoms with Gasteiger partial charge in [-0.2, -0.15) is 16.7 Å². The van der Waals surface area contributed by atoms with Crippen molar-refractivity contribution in [3.05, 3.63) is 11.7 Å². The van der Waals surface area contributed by atoms with E-state index in [2.05, 4.69) is 16.4 Å². The molecule has 1 atom stereocenters. The number of aromatic nitrogens is 2. The number of rotatable bonds is 7. The number of ether oxygens (including phenoxy) is 1. The van der Waals surface area contributed by atoms with Crippen molar-refractivity contribution in [3.63, 3.8) is 0 Å². The molecule has 0 unspecified atom stereocenters. The molecule has 6 heteroatoms. The molecule has 0 aliphatic heterocycles. The third-order valence-corrected chi connectivity index (χ3v) is 4.78. The summed E-state index contributed by atoms with van der Waals surface area (Å²) < 4.78 is 11.5. The topological polar surface area (TPSA) is 74.2 Å². The van der Waals surface area contributed by atoms with E-state index in [-0.39, 0.29) is 11.6 Å². The van der Waals surface area contributed by atoms with Crippen LogP contribution in [0.1, 0.15) is 69.6 Å². The van der Waals surface area contributed by atoms with Crippen molar-refractivity contribution in [2.24, 2.45) is 5.73 Å². The van der Waals surface area contributed by atoms with E-state index in [9.17, 15) is 0 Å². The van der Waals surface area contributed by atoms with Crippen LogP contribution in [-0.4, -0.2) is 28.8 Å². The highest BCUT2D eigenvalue weighted by atomic mass is 32.2. The third-order valence-electron chi connectivity index (χ3n) is 4.13. The van der Waals surface area contributed by atoms with Crippen molar-refractivity contribution in [2.75, 3.05) is 18.6 Å². The number of hydrogen-bond donors (Lipinski definition) is 1. The second-order valence-electron chi connectivity index (χ2n) is 5.69. The highest BCUT2D eigenvalue weighted by Gasteiger charge is 2.38.